The molecule has 0 saturated carbocycles. The molecule has 1 aromatic rings. The number of nitrogens with zero attached hydrogens (tertiary/aromatic N) is 1. The Bertz CT molecular complexity index is 459. The van der Waals surface area contributed by atoms with Crippen molar-refractivity contribution >= 4 is 11.7 Å². The molecule has 0 radical (unpaired) electrons. The third kappa shape index (κ3) is 3.73. The van der Waals surface area contributed by atoms with Crippen LogP contribution in [-0.2, 0) is 6.42 Å². The number of rotatable bonds is 7. The summed E-state index contributed by atoms with van der Waals surface area (Å²) in [5.41, 5.74) is 2.74. The van der Waals surface area contributed by atoms with E-state index in [1.165, 1.54) is 5.69 Å². The summed E-state index contributed by atoms with van der Waals surface area (Å²) in [6, 6.07) is 5.46. The molecule has 0 atom stereocenters. The fourth-order valence-corrected chi connectivity index (χ4v) is 2.81. The second-order valence-electron chi connectivity index (χ2n) is 5.38. The molecule has 4 nitrogen and oxygen atoms in total. The molecule has 20 heavy (non-hydrogen) atoms. The lowest BCUT2D eigenvalue weighted by atomic mass is 9.99. The second kappa shape index (κ2) is 7.29. The zero-order valence-corrected chi connectivity index (χ0v) is 11.8. The molecule has 1 aromatic carbocycles. The molecule has 0 saturated heterocycles. The summed E-state index contributed by atoms with van der Waals surface area (Å²) in [7, 11) is 0. The van der Waals surface area contributed by atoms with Crippen molar-refractivity contribution < 1.29 is 15.0 Å². The number of unbranched alkanes of at least 4 members (excludes halogenated alkanes) is 3. The van der Waals surface area contributed by atoms with Crippen molar-refractivity contribution in [2.75, 3.05) is 24.6 Å². The van der Waals surface area contributed by atoms with Crippen molar-refractivity contribution in [3.8, 4) is 0 Å². The van der Waals surface area contributed by atoms with E-state index in [4.69, 9.17) is 10.2 Å². The molecule has 0 unspecified atom stereocenters. The van der Waals surface area contributed by atoms with Crippen molar-refractivity contribution in [1.82, 2.24) is 0 Å². The van der Waals surface area contributed by atoms with E-state index in [0.717, 1.165) is 57.2 Å². The fraction of sp³-hybridized carbons (Fsp3) is 0.562. The normalized spacial score (nSPS) is 14.2. The Hall–Kier alpha value is -1.55. The molecule has 1 aliphatic heterocycles. The van der Waals surface area contributed by atoms with Gasteiger partial charge in [-0.3, -0.25) is 0 Å². The van der Waals surface area contributed by atoms with Crippen molar-refractivity contribution in [3.05, 3.63) is 29.3 Å². The van der Waals surface area contributed by atoms with Gasteiger partial charge in [0.1, 0.15) is 0 Å². The summed E-state index contributed by atoms with van der Waals surface area (Å²) in [5.74, 6) is -0.853. The topological polar surface area (TPSA) is 60.8 Å². The standard InChI is InChI=1S/C16H23NO3/c18-11-4-2-1-3-9-17-10-5-6-13-12-14(16(19)20)7-8-15(13)17/h7-8,12,18H,1-6,9-11H2,(H,19,20). The van der Waals surface area contributed by atoms with Gasteiger partial charge in [-0.15, -0.1) is 0 Å². The van der Waals surface area contributed by atoms with E-state index in [1.54, 1.807) is 6.07 Å². The zero-order chi connectivity index (χ0) is 14.4. The van der Waals surface area contributed by atoms with Gasteiger partial charge in [0.05, 0.1) is 5.56 Å². The van der Waals surface area contributed by atoms with Crippen molar-refractivity contribution in [2.24, 2.45) is 0 Å². The number of anilines is 1. The monoisotopic (exact) mass is 277 g/mol. The molecule has 0 bridgehead atoms. The van der Waals surface area contributed by atoms with Gasteiger partial charge in [0, 0.05) is 25.4 Å². The van der Waals surface area contributed by atoms with Crippen molar-refractivity contribution in [1.29, 1.82) is 0 Å². The van der Waals surface area contributed by atoms with Crippen LogP contribution in [0.15, 0.2) is 18.2 Å². The van der Waals surface area contributed by atoms with E-state index in [2.05, 4.69) is 4.90 Å². The van der Waals surface area contributed by atoms with Crippen LogP contribution < -0.4 is 4.90 Å². The molecule has 0 fully saturated rings. The van der Waals surface area contributed by atoms with Crippen LogP contribution in [0.5, 0.6) is 0 Å². The minimum Gasteiger partial charge on any atom is -0.478 e. The highest BCUT2D eigenvalue weighted by molar-refractivity contribution is 5.88. The summed E-state index contributed by atoms with van der Waals surface area (Å²) >= 11 is 0. The van der Waals surface area contributed by atoms with Crippen LogP contribution in [0.25, 0.3) is 0 Å². The van der Waals surface area contributed by atoms with E-state index >= 15 is 0 Å². The van der Waals surface area contributed by atoms with Crippen LogP contribution in [-0.4, -0.2) is 35.9 Å². The minimum absolute atomic E-state index is 0.282. The van der Waals surface area contributed by atoms with Gasteiger partial charge in [0.15, 0.2) is 0 Å². The first-order chi connectivity index (χ1) is 9.72. The van der Waals surface area contributed by atoms with E-state index in [-0.39, 0.29) is 6.61 Å². The highest BCUT2D eigenvalue weighted by Crippen LogP contribution is 2.28. The van der Waals surface area contributed by atoms with Crippen LogP contribution in [0.1, 0.15) is 48.0 Å². The molecule has 110 valence electrons. The first-order valence-electron chi connectivity index (χ1n) is 7.44. The fourth-order valence-electron chi connectivity index (χ4n) is 2.81. The van der Waals surface area contributed by atoms with Crippen LogP contribution in [0.4, 0.5) is 5.69 Å². The van der Waals surface area contributed by atoms with Crippen molar-refractivity contribution in [2.45, 2.75) is 38.5 Å². The van der Waals surface area contributed by atoms with Gasteiger partial charge in [0.2, 0.25) is 0 Å². The smallest absolute Gasteiger partial charge is 0.335 e. The number of carbonyl (C=O) groups is 1. The molecular formula is C16H23NO3. The Labute approximate surface area is 120 Å². The largest absolute Gasteiger partial charge is 0.478 e. The second-order valence-corrected chi connectivity index (χ2v) is 5.38. The summed E-state index contributed by atoms with van der Waals surface area (Å²) in [6.45, 7) is 2.36. The molecule has 1 heterocycles. The maximum atomic E-state index is 11.0. The predicted octanol–water partition coefficient (Wildman–Crippen LogP) is 2.69. The average Bonchev–Trinajstić information content (AvgIpc) is 2.46. The van der Waals surface area contributed by atoms with E-state index in [0.29, 0.717) is 5.56 Å². The lowest BCUT2D eigenvalue weighted by Crippen LogP contribution is -2.30. The number of aryl methyl sites for hydroxylation is 1. The molecule has 1 aliphatic rings. The molecular weight excluding hydrogens is 254 g/mol. The molecule has 0 spiro atoms. The van der Waals surface area contributed by atoms with Gasteiger partial charge >= 0.3 is 5.97 Å². The lowest BCUT2D eigenvalue weighted by molar-refractivity contribution is 0.0696. The summed E-state index contributed by atoms with van der Waals surface area (Å²) in [5, 5.41) is 17.8. The molecule has 0 aliphatic carbocycles. The Morgan fingerprint density at radius 1 is 1.20 bits per heavy atom. The predicted molar refractivity (Wildman–Crippen MR) is 79.5 cm³/mol. The number of aliphatic hydroxyl groups excluding tert-OH is 1. The number of carboxylic acids is 1. The number of benzene rings is 1. The number of carboxylic acid groups (broad SMARTS) is 1. The van der Waals surface area contributed by atoms with Gasteiger partial charge in [-0.1, -0.05) is 12.8 Å². The highest BCUT2D eigenvalue weighted by Gasteiger charge is 2.17. The van der Waals surface area contributed by atoms with Crippen molar-refractivity contribution in [3.63, 3.8) is 0 Å². The van der Waals surface area contributed by atoms with E-state index < -0.39 is 5.97 Å². The Kier molecular flexibility index (Phi) is 5.41. The van der Waals surface area contributed by atoms with Crippen LogP contribution in [0, 0.1) is 0 Å². The van der Waals surface area contributed by atoms with E-state index in [1.807, 2.05) is 12.1 Å². The van der Waals surface area contributed by atoms with Gasteiger partial charge in [0.25, 0.3) is 0 Å². The molecule has 0 aromatic heterocycles. The molecule has 2 N–H and O–H groups in total. The summed E-state index contributed by atoms with van der Waals surface area (Å²) in [6.07, 6.45) is 6.29. The summed E-state index contributed by atoms with van der Waals surface area (Å²) < 4.78 is 0. The summed E-state index contributed by atoms with van der Waals surface area (Å²) in [4.78, 5) is 13.4. The first-order valence-corrected chi connectivity index (χ1v) is 7.44. The van der Waals surface area contributed by atoms with Gasteiger partial charge in [-0.25, -0.2) is 4.79 Å². The third-order valence-corrected chi connectivity index (χ3v) is 3.88. The SMILES string of the molecule is O=C(O)c1ccc2c(c1)CCCN2CCCCCCO. The quantitative estimate of drug-likeness (QED) is 0.752. The number of fused-ring (bicyclic) bond motifs is 1. The Morgan fingerprint density at radius 2 is 2.00 bits per heavy atom. The highest BCUT2D eigenvalue weighted by atomic mass is 16.4. The zero-order valence-electron chi connectivity index (χ0n) is 11.8. The van der Waals surface area contributed by atoms with Crippen LogP contribution in [0.3, 0.4) is 0 Å². The number of aromatic carboxylic acids is 1. The number of hydrogen-bond acceptors (Lipinski definition) is 3. The average molecular weight is 277 g/mol. The Balaban J connectivity index is 1.96. The van der Waals surface area contributed by atoms with Gasteiger partial charge in [-0.2, -0.15) is 0 Å². The van der Waals surface area contributed by atoms with Gasteiger partial charge < -0.3 is 15.1 Å². The third-order valence-electron chi connectivity index (χ3n) is 3.88. The number of hydrogen-bond donors (Lipinski definition) is 2. The van der Waals surface area contributed by atoms with Gasteiger partial charge in [-0.05, 0) is 49.4 Å². The van der Waals surface area contributed by atoms with Crippen LogP contribution >= 0.6 is 0 Å². The molecule has 4 heteroatoms. The first kappa shape index (κ1) is 14.9. The van der Waals surface area contributed by atoms with Crippen LogP contribution in [0.2, 0.25) is 0 Å². The maximum Gasteiger partial charge on any atom is 0.335 e. The Morgan fingerprint density at radius 3 is 2.75 bits per heavy atom. The number of aliphatic hydroxyl groups is 1. The molecule has 2 rings (SSSR count). The molecule has 0 amide bonds. The lowest BCUT2D eigenvalue weighted by Gasteiger charge is -2.31. The maximum absolute atomic E-state index is 11.0. The van der Waals surface area contributed by atoms with E-state index in [9.17, 15) is 4.79 Å². The minimum atomic E-state index is -0.853.